The molecular weight excluding hydrogens is 352 g/mol. The zero-order valence-corrected chi connectivity index (χ0v) is 14.8. The van der Waals surface area contributed by atoms with Crippen molar-refractivity contribution in [2.75, 3.05) is 5.75 Å². The number of aliphatic carboxylic acids is 1. The van der Waals surface area contributed by atoms with E-state index in [4.69, 9.17) is 21.4 Å². The summed E-state index contributed by atoms with van der Waals surface area (Å²) in [5, 5.41) is 9.07. The molecule has 0 atom stereocenters. The maximum absolute atomic E-state index is 11.9. The van der Waals surface area contributed by atoms with Gasteiger partial charge in [-0.05, 0) is 48.4 Å². The van der Waals surface area contributed by atoms with E-state index in [9.17, 15) is 13.2 Å². The van der Waals surface area contributed by atoms with E-state index in [1.54, 1.807) is 25.1 Å². The number of hydrogen-bond acceptors (Lipinski definition) is 4. The highest BCUT2D eigenvalue weighted by Crippen LogP contribution is 2.32. The Hall–Kier alpha value is -2.05. The second-order valence-corrected chi connectivity index (χ2v) is 8.01. The lowest BCUT2D eigenvalue weighted by Crippen LogP contribution is -2.03. The van der Waals surface area contributed by atoms with Crippen LogP contribution in [0.3, 0.4) is 0 Å². The van der Waals surface area contributed by atoms with Crippen molar-refractivity contribution in [3.05, 3.63) is 52.5 Å². The monoisotopic (exact) mass is 368 g/mol. The molecule has 0 aliphatic heterocycles. The first-order chi connectivity index (χ1) is 11.2. The Labute approximate surface area is 145 Å². The zero-order valence-electron chi connectivity index (χ0n) is 13.2. The number of aryl methyl sites for hydroxylation is 1. The molecule has 1 N–H and O–H groups in total. The molecule has 7 heteroatoms. The lowest BCUT2D eigenvalue weighted by molar-refractivity contribution is -0.136. The highest BCUT2D eigenvalue weighted by atomic mass is 35.5. The fraction of sp³-hybridized carbons (Fsp3) is 0.235. The topological polar surface area (TPSA) is 80.7 Å². The molecule has 0 saturated carbocycles. The lowest BCUT2D eigenvalue weighted by Gasteiger charge is -2.11. The predicted molar refractivity (Wildman–Crippen MR) is 91.8 cm³/mol. The molecule has 0 aromatic heterocycles. The molecule has 0 bridgehead atoms. The van der Waals surface area contributed by atoms with Crippen LogP contribution in [0.5, 0.6) is 11.5 Å². The number of sulfone groups is 1. The van der Waals surface area contributed by atoms with E-state index >= 15 is 0 Å². The molecule has 2 rings (SSSR count). The largest absolute Gasteiger partial charge is 0.481 e. The fourth-order valence-electron chi connectivity index (χ4n) is 2.21. The molecule has 0 spiro atoms. The van der Waals surface area contributed by atoms with Gasteiger partial charge in [0, 0.05) is 0 Å². The summed E-state index contributed by atoms with van der Waals surface area (Å²) in [6, 6.07) is 9.41. The molecule has 2 aromatic carbocycles. The zero-order chi connectivity index (χ0) is 17.9. The summed E-state index contributed by atoms with van der Waals surface area (Å²) in [5.41, 5.74) is 1.46. The number of rotatable bonds is 6. The molecule has 0 saturated heterocycles. The van der Waals surface area contributed by atoms with Gasteiger partial charge in [-0.2, -0.15) is 0 Å². The SMILES string of the molecule is CCS(=O)(=O)c1ccc(Oc2cc(C)cc(CC(=O)O)c2)c(Cl)c1. The van der Waals surface area contributed by atoms with E-state index < -0.39 is 15.8 Å². The Balaban J connectivity index is 2.32. The predicted octanol–water partition coefficient (Wildman–Crippen LogP) is 3.86. The molecule has 5 nitrogen and oxygen atoms in total. The Bertz CT molecular complexity index is 875. The molecule has 24 heavy (non-hydrogen) atoms. The van der Waals surface area contributed by atoms with Crippen LogP contribution >= 0.6 is 11.6 Å². The summed E-state index contributed by atoms with van der Waals surface area (Å²) in [6.45, 7) is 3.39. The molecule has 2 aromatic rings. The van der Waals surface area contributed by atoms with Gasteiger partial charge in [-0.25, -0.2) is 8.42 Å². The van der Waals surface area contributed by atoms with E-state index in [0.717, 1.165) is 5.56 Å². The first-order valence-corrected chi connectivity index (χ1v) is 9.27. The van der Waals surface area contributed by atoms with Crippen molar-refractivity contribution >= 4 is 27.4 Å². The third-order valence-corrected chi connectivity index (χ3v) is 5.36. The summed E-state index contributed by atoms with van der Waals surface area (Å²) in [6.07, 6.45) is -0.112. The summed E-state index contributed by atoms with van der Waals surface area (Å²) in [5.74, 6) is -0.198. The van der Waals surface area contributed by atoms with E-state index in [1.807, 2.05) is 6.92 Å². The van der Waals surface area contributed by atoms with E-state index in [1.165, 1.54) is 18.2 Å². The first kappa shape index (κ1) is 18.3. The van der Waals surface area contributed by atoms with Gasteiger partial charge >= 0.3 is 5.97 Å². The van der Waals surface area contributed by atoms with Crippen molar-refractivity contribution in [3.63, 3.8) is 0 Å². The second-order valence-electron chi connectivity index (χ2n) is 5.32. The minimum Gasteiger partial charge on any atom is -0.481 e. The summed E-state index contributed by atoms with van der Waals surface area (Å²) < 4.78 is 29.4. The van der Waals surface area contributed by atoms with Gasteiger partial charge in [0.05, 0.1) is 22.1 Å². The molecule has 0 amide bonds. The number of hydrogen-bond donors (Lipinski definition) is 1. The van der Waals surface area contributed by atoms with E-state index in [2.05, 4.69) is 0 Å². The Morgan fingerprint density at radius 2 is 1.92 bits per heavy atom. The van der Waals surface area contributed by atoms with Gasteiger partial charge in [0.15, 0.2) is 9.84 Å². The quantitative estimate of drug-likeness (QED) is 0.837. The van der Waals surface area contributed by atoms with Crippen LogP contribution in [0, 0.1) is 6.92 Å². The van der Waals surface area contributed by atoms with Crippen LogP contribution in [-0.4, -0.2) is 25.2 Å². The van der Waals surface area contributed by atoms with Crippen molar-refractivity contribution in [2.45, 2.75) is 25.2 Å². The van der Waals surface area contributed by atoms with Crippen molar-refractivity contribution in [1.82, 2.24) is 0 Å². The minimum atomic E-state index is -3.34. The van der Waals surface area contributed by atoms with E-state index in [-0.39, 0.29) is 22.1 Å². The van der Waals surface area contributed by atoms with E-state index in [0.29, 0.717) is 17.1 Å². The minimum absolute atomic E-state index is 0.0139. The normalized spacial score (nSPS) is 11.3. The third-order valence-electron chi connectivity index (χ3n) is 3.34. The van der Waals surface area contributed by atoms with Gasteiger partial charge in [-0.1, -0.05) is 24.6 Å². The number of carboxylic acids is 1. The van der Waals surface area contributed by atoms with Crippen LogP contribution in [0.2, 0.25) is 5.02 Å². The molecule has 0 aliphatic carbocycles. The van der Waals surface area contributed by atoms with Crippen molar-refractivity contribution in [2.24, 2.45) is 0 Å². The van der Waals surface area contributed by atoms with Gasteiger partial charge in [0.1, 0.15) is 11.5 Å². The van der Waals surface area contributed by atoms with Gasteiger partial charge in [-0.3, -0.25) is 4.79 Å². The van der Waals surface area contributed by atoms with Crippen LogP contribution in [0.4, 0.5) is 0 Å². The molecule has 0 fully saturated rings. The summed E-state index contributed by atoms with van der Waals surface area (Å²) >= 11 is 6.12. The number of ether oxygens (including phenoxy) is 1. The van der Waals surface area contributed by atoms with Crippen LogP contribution in [0.1, 0.15) is 18.1 Å². The summed E-state index contributed by atoms with van der Waals surface area (Å²) in [4.78, 5) is 11.0. The van der Waals surface area contributed by atoms with Gasteiger partial charge in [-0.15, -0.1) is 0 Å². The van der Waals surface area contributed by atoms with Crippen LogP contribution in [0.25, 0.3) is 0 Å². The average Bonchev–Trinajstić information content (AvgIpc) is 2.48. The lowest BCUT2D eigenvalue weighted by atomic mass is 10.1. The van der Waals surface area contributed by atoms with Crippen molar-refractivity contribution in [3.8, 4) is 11.5 Å². The average molecular weight is 369 g/mol. The Morgan fingerprint density at radius 1 is 1.21 bits per heavy atom. The smallest absolute Gasteiger partial charge is 0.307 e. The maximum atomic E-state index is 11.9. The summed E-state index contributed by atoms with van der Waals surface area (Å²) in [7, 11) is -3.34. The standard InChI is InChI=1S/C17H17ClO5S/c1-3-24(21,22)14-4-5-16(15(18)10-14)23-13-7-11(2)6-12(8-13)9-17(19)20/h4-8,10H,3,9H2,1-2H3,(H,19,20). The van der Waals surface area contributed by atoms with Crippen molar-refractivity contribution < 1.29 is 23.1 Å². The molecule has 0 aliphatic rings. The maximum Gasteiger partial charge on any atom is 0.307 e. The Morgan fingerprint density at radius 3 is 2.50 bits per heavy atom. The van der Waals surface area contributed by atoms with Crippen LogP contribution in [-0.2, 0) is 21.1 Å². The van der Waals surface area contributed by atoms with Gasteiger partial charge < -0.3 is 9.84 Å². The van der Waals surface area contributed by atoms with Crippen LogP contribution in [0.15, 0.2) is 41.3 Å². The first-order valence-electron chi connectivity index (χ1n) is 7.24. The van der Waals surface area contributed by atoms with Gasteiger partial charge in [0.25, 0.3) is 0 Å². The Kier molecular flexibility index (Phi) is 5.51. The molecular formula is C17H17ClO5S. The fourth-order valence-corrected chi connectivity index (χ4v) is 3.40. The molecule has 0 unspecified atom stereocenters. The van der Waals surface area contributed by atoms with Gasteiger partial charge in [0.2, 0.25) is 0 Å². The number of halogens is 1. The van der Waals surface area contributed by atoms with Crippen molar-refractivity contribution in [1.29, 1.82) is 0 Å². The number of carboxylic acid groups (broad SMARTS) is 1. The molecule has 0 radical (unpaired) electrons. The molecule has 128 valence electrons. The number of carbonyl (C=O) groups is 1. The highest BCUT2D eigenvalue weighted by Gasteiger charge is 2.14. The molecule has 0 heterocycles. The number of benzene rings is 2. The second kappa shape index (κ2) is 7.23. The van der Waals surface area contributed by atoms with Crippen LogP contribution < -0.4 is 4.74 Å². The highest BCUT2D eigenvalue weighted by molar-refractivity contribution is 7.91. The third kappa shape index (κ3) is 4.49.